The molecule has 2 rings (SSSR count). The Bertz CT molecular complexity index is 634. The molecular formula is C16H20BrN3O. The van der Waals surface area contributed by atoms with Crippen LogP contribution >= 0.6 is 15.9 Å². The van der Waals surface area contributed by atoms with Crippen LogP contribution in [0.2, 0.25) is 0 Å². The minimum atomic E-state index is -0.101. The second-order valence-electron chi connectivity index (χ2n) is 5.23. The van der Waals surface area contributed by atoms with Gasteiger partial charge in [0, 0.05) is 28.9 Å². The molecule has 0 bridgehead atoms. The zero-order valence-electron chi connectivity index (χ0n) is 12.5. The molecule has 2 aromatic rings. The van der Waals surface area contributed by atoms with Gasteiger partial charge in [0.15, 0.2) is 0 Å². The van der Waals surface area contributed by atoms with Gasteiger partial charge in [-0.25, -0.2) is 0 Å². The van der Waals surface area contributed by atoms with Crippen LogP contribution in [0.15, 0.2) is 41.0 Å². The van der Waals surface area contributed by atoms with Gasteiger partial charge in [0.05, 0.1) is 0 Å². The molecular weight excluding hydrogens is 330 g/mol. The number of hydrogen-bond donors (Lipinski definition) is 2. The van der Waals surface area contributed by atoms with Crippen LogP contribution < -0.4 is 10.6 Å². The van der Waals surface area contributed by atoms with E-state index in [1.54, 1.807) is 0 Å². The number of nitrogens with zero attached hydrogens (tertiary/aromatic N) is 1. The molecule has 0 saturated heterocycles. The first-order chi connectivity index (χ1) is 10.0. The van der Waals surface area contributed by atoms with Crippen molar-refractivity contribution in [2.24, 2.45) is 0 Å². The van der Waals surface area contributed by atoms with Gasteiger partial charge >= 0.3 is 0 Å². The van der Waals surface area contributed by atoms with Crippen molar-refractivity contribution in [3.63, 3.8) is 0 Å². The smallest absolute Gasteiger partial charge is 0.272 e. The Morgan fingerprint density at radius 3 is 2.76 bits per heavy atom. The van der Waals surface area contributed by atoms with Gasteiger partial charge < -0.3 is 15.2 Å². The topological polar surface area (TPSA) is 46.1 Å². The van der Waals surface area contributed by atoms with Crippen molar-refractivity contribution in [1.82, 2.24) is 9.88 Å². The van der Waals surface area contributed by atoms with Crippen LogP contribution in [0.3, 0.4) is 0 Å². The van der Waals surface area contributed by atoms with E-state index >= 15 is 0 Å². The molecule has 0 spiro atoms. The molecule has 4 nitrogen and oxygen atoms in total. The van der Waals surface area contributed by atoms with Crippen LogP contribution in [0.5, 0.6) is 0 Å². The summed E-state index contributed by atoms with van der Waals surface area (Å²) in [4.78, 5) is 12.5. The quantitative estimate of drug-likeness (QED) is 0.862. The van der Waals surface area contributed by atoms with Crippen molar-refractivity contribution in [2.75, 3.05) is 12.4 Å². The summed E-state index contributed by atoms with van der Waals surface area (Å²) >= 11 is 3.43. The van der Waals surface area contributed by atoms with Gasteiger partial charge in [0.25, 0.3) is 5.91 Å². The van der Waals surface area contributed by atoms with E-state index in [1.807, 2.05) is 48.1 Å². The number of aromatic nitrogens is 1. The minimum absolute atomic E-state index is 0.101. The number of benzene rings is 1. The average Bonchev–Trinajstić information content (AvgIpc) is 2.82. The zero-order valence-corrected chi connectivity index (χ0v) is 14.1. The maximum absolute atomic E-state index is 12.5. The summed E-state index contributed by atoms with van der Waals surface area (Å²) in [6.45, 7) is 4.88. The van der Waals surface area contributed by atoms with Crippen molar-refractivity contribution in [3.05, 3.63) is 52.3 Å². The zero-order chi connectivity index (χ0) is 15.4. The molecule has 2 N–H and O–H groups in total. The third-order valence-electron chi connectivity index (χ3n) is 3.17. The standard InChI is InChI=1S/C16H20BrN3O/c1-11(2)20-10-13(17)8-15(20)16(21)19-14-6-4-5-12(7-14)9-18-3/h4-8,10-11,18H,9H2,1-3H3,(H,19,21). The van der Waals surface area contributed by atoms with Crippen molar-refractivity contribution in [3.8, 4) is 0 Å². The van der Waals surface area contributed by atoms with Gasteiger partial charge in [-0.3, -0.25) is 4.79 Å². The maximum Gasteiger partial charge on any atom is 0.272 e. The molecule has 0 aliphatic heterocycles. The molecule has 1 aromatic heterocycles. The summed E-state index contributed by atoms with van der Waals surface area (Å²) in [7, 11) is 1.90. The number of nitrogens with one attached hydrogen (secondary N) is 2. The van der Waals surface area contributed by atoms with Crippen LogP contribution in [0.4, 0.5) is 5.69 Å². The normalized spacial score (nSPS) is 10.9. The second kappa shape index (κ2) is 6.91. The Morgan fingerprint density at radius 1 is 1.33 bits per heavy atom. The fourth-order valence-corrected chi connectivity index (χ4v) is 2.65. The lowest BCUT2D eigenvalue weighted by molar-refractivity contribution is 0.101. The minimum Gasteiger partial charge on any atom is -0.340 e. The summed E-state index contributed by atoms with van der Waals surface area (Å²) in [5.41, 5.74) is 2.59. The summed E-state index contributed by atoms with van der Waals surface area (Å²) in [5, 5.41) is 6.06. The summed E-state index contributed by atoms with van der Waals surface area (Å²) in [5.74, 6) is -0.101. The molecule has 1 heterocycles. The summed E-state index contributed by atoms with van der Waals surface area (Å²) in [6.07, 6.45) is 1.93. The first kappa shape index (κ1) is 15.8. The number of rotatable bonds is 5. The molecule has 21 heavy (non-hydrogen) atoms. The Labute approximate surface area is 133 Å². The molecule has 0 atom stereocenters. The van der Waals surface area contributed by atoms with E-state index in [0.717, 1.165) is 22.3 Å². The Morgan fingerprint density at radius 2 is 2.10 bits per heavy atom. The number of carbonyl (C=O) groups excluding carboxylic acids is 1. The molecule has 0 aliphatic carbocycles. The highest BCUT2D eigenvalue weighted by atomic mass is 79.9. The van der Waals surface area contributed by atoms with Gasteiger partial charge in [-0.05, 0) is 60.6 Å². The highest BCUT2D eigenvalue weighted by Crippen LogP contribution is 2.21. The first-order valence-electron chi connectivity index (χ1n) is 6.93. The number of carbonyl (C=O) groups is 1. The molecule has 5 heteroatoms. The third kappa shape index (κ3) is 3.95. The van der Waals surface area contributed by atoms with E-state index in [2.05, 4.69) is 40.4 Å². The highest BCUT2D eigenvalue weighted by molar-refractivity contribution is 9.10. The van der Waals surface area contributed by atoms with Crippen LogP contribution in [0.25, 0.3) is 0 Å². The number of amides is 1. The van der Waals surface area contributed by atoms with Gasteiger partial charge in [-0.15, -0.1) is 0 Å². The van der Waals surface area contributed by atoms with Gasteiger partial charge in [0.1, 0.15) is 5.69 Å². The van der Waals surface area contributed by atoms with Gasteiger partial charge in [0.2, 0.25) is 0 Å². The van der Waals surface area contributed by atoms with E-state index in [4.69, 9.17) is 0 Å². The Hall–Kier alpha value is -1.59. The van der Waals surface area contributed by atoms with E-state index in [0.29, 0.717) is 5.69 Å². The number of hydrogen-bond acceptors (Lipinski definition) is 2. The second-order valence-corrected chi connectivity index (χ2v) is 6.15. The fraction of sp³-hybridized carbons (Fsp3) is 0.312. The van der Waals surface area contributed by atoms with Gasteiger partial charge in [-0.2, -0.15) is 0 Å². The molecule has 112 valence electrons. The van der Waals surface area contributed by atoms with E-state index in [-0.39, 0.29) is 11.9 Å². The van der Waals surface area contributed by atoms with Crippen LogP contribution in [0, 0.1) is 0 Å². The molecule has 0 aliphatic rings. The first-order valence-corrected chi connectivity index (χ1v) is 7.73. The van der Waals surface area contributed by atoms with E-state index in [1.165, 1.54) is 0 Å². The Balaban J connectivity index is 2.20. The predicted octanol–water partition coefficient (Wildman–Crippen LogP) is 3.80. The van der Waals surface area contributed by atoms with Crippen LogP contribution in [0.1, 0.15) is 35.9 Å². The maximum atomic E-state index is 12.5. The SMILES string of the molecule is CNCc1cccc(NC(=O)c2cc(Br)cn2C(C)C)c1. The van der Waals surface area contributed by atoms with Crippen molar-refractivity contribution in [1.29, 1.82) is 0 Å². The molecule has 0 fully saturated rings. The molecule has 0 saturated carbocycles. The van der Waals surface area contributed by atoms with Crippen molar-refractivity contribution < 1.29 is 4.79 Å². The highest BCUT2D eigenvalue weighted by Gasteiger charge is 2.15. The number of anilines is 1. The lowest BCUT2D eigenvalue weighted by Gasteiger charge is -2.13. The molecule has 1 amide bonds. The predicted molar refractivity (Wildman–Crippen MR) is 89.7 cm³/mol. The Kier molecular flexibility index (Phi) is 5.20. The molecule has 1 aromatic carbocycles. The van der Waals surface area contributed by atoms with Crippen LogP contribution in [-0.4, -0.2) is 17.5 Å². The van der Waals surface area contributed by atoms with E-state index < -0.39 is 0 Å². The van der Waals surface area contributed by atoms with Gasteiger partial charge in [-0.1, -0.05) is 12.1 Å². The monoisotopic (exact) mass is 349 g/mol. The van der Waals surface area contributed by atoms with E-state index in [9.17, 15) is 4.79 Å². The van der Waals surface area contributed by atoms with Crippen molar-refractivity contribution >= 4 is 27.5 Å². The summed E-state index contributed by atoms with van der Waals surface area (Å²) in [6, 6.07) is 9.92. The third-order valence-corrected chi connectivity index (χ3v) is 3.60. The molecule has 0 unspecified atom stereocenters. The molecule has 0 radical (unpaired) electrons. The lowest BCUT2D eigenvalue weighted by atomic mass is 10.2. The van der Waals surface area contributed by atoms with Crippen molar-refractivity contribution in [2.45, 2.75) is 26.4 Å². The largest absolute Gasteiger partial charge is 0.340 e. The fourth-order valence-electron chi connectivity index (χ4n) is 2.21. The lowest BCUT2D eigenvalue weighted by Crippen LogP contribution is -2.18. The average molecular weight is 350 g/mol. The number of halogens is 1. The van der Waals surface area contributed by atoms with Crippen LogP contribution in [-0.2, 0) is 6.54 Å². The summed E-state index contributed by atoms with van der Waals surface area (Å²) < 4.78 is 2.86.